The van der Waals surface area contributed by atoms with Gasteiger partial charge in [-0.3, -0.25) is 4.79 Å². The maximum absolute atomic E-state index is 12.6. The third-order valence-corrected chi connectivity index (χ3v) is 5.95. The maximum atomic E-state index is 12.6. The Kier molecular flexibility index (Phi) is 7.42. The lowest BCUT2D eigenvalue weighted by atomic mass is 9.86. The van der Waals surface area contributed by atoms with Crippen molar-refractivity contribution in [2.75, 3.05) is 0 Å². The Hall–Kier alpha value is -1.42. The van der Waals surface area contributed by atoms with E-state index in [1.54, 1.807) is 6.08 Å². The summed E-state index contributed by atoms with van der Waals surface area (Å²) in [6.07, 6.45) is 11.5. The number of Topliss-reactive ketones (excluding diaryl/α,β-unsaturated/α-hetero) is 1. The summed E-state index contributed by atoms with van der Waals surface area (Å²) in [4.78, 5) is 23.1. The molecule has 2 aliphatic rings. The van der Waals surface area contributed by atoms with Crippen molar-refractivity contribution < 1.29 is 19.8 Å². The first kappa shape index (κ1) is 19.9. The molecule has 0 radical (unpaired) electrons. The molecule has 2 aliphatic carbocycles. The van der Waals surface area contributed by atoms with Gasteiger partial charge in [-0.1, -0.05) is 44.4 Å². The van der Waals surface area contributed by atoms with Gasteiger partial charge < -0.3 is 10.2 Å². The number of aliphatic hydroxyl groups excluding tert-OH is 1. The molecule has 4 heteroatoms. The SMILES string of the molecule is CCC(C)CCCC(=O)[C@H]1[C@@H]2C=C(CCC=CC(=O)O)C[C@@H]2C[C@@H]1O. The summed E-state index contributed by atoms with van der Waals surface area (Å²) in [6, 6.07) is 0. The molecule has 1 fully saturated rings. The molecule has 0 amide bonds. The summed E-state index contributed by atoms with van der Waals surface area (Å²) < 4.78 is 0. The van der Waals surface area contributed by atoms with Crippen molar-refractivity contribution in [3.63, 3.8) is 0 Å². The molecule has 0 spiro atoms. The average molecular weight is 348 g/mol. The zero-order valence-corrected chi connectivity index (χ0v) is 15.5. The lowest BCUT2D eigenvalue weighted by Crippen LogP contribution is -2.27. The van der Waals surface area contributed by atoms with Crippen molar-refractivity contribution in [2.24, 2.45) is 23.7 Å². The van der Waals surface area contributed by atoms with Gasteiger partial charge in [-0.25, -0.2) is 4.79 Å². The maximum Gasteiger partial charge on any atom is 0.327 e. The molecule has 0 aromatic rings. The van der Waals surface area contributed by atoms with Crippen LogP contribution in [0, 0.1) is 23.7 Å². The van der Waals surface area contributed by atoms with Crippen molar-refractivity contribution in [2.45, 2.75) is 71.3 Å². The second-order valence-corrected chi connectivity index (χ2v) is 7.85. The van der Waals surface area contributed by atoms with Crippen molar-refractivity contribution >= 4 is 11.8 Å². The number of fused-ring (bicyclic) bond motifs is 1. The van der Waals surface area contributed by atoms with Crippen LogP contribution in [0.3, 0.4) is 0 Å². The van der Waals surface area contributed by atoms with E-state index in [1.807, 2.05) is 0 Å². The fourth-order valence-corrected chi connectivity index (χ4v) is 4.36. The molecule has 0 bridgehead atoms. The van der Waals surface area contributed by atoms with E-state index in [1.165, 1.54) is 11.6 Å². The average Bonchev–Trinajstić information content (AvgIpc) is 3.06. The molecule has 0 aromatic carbocycles. The highest BCUT2D eigenvalue weighted by Crippen LogP contribution is 2.48. The Morgan fingerprint density at radius 2 is 2.16 bits per heavy atom. The van der Waals surface area contributed by atoms with Crippen molar-refractivity contribution in [1.82, 2.24) is 0 Å². The minimum Gasteiger partial charge on any atom is -0.478 e. The topological polar surface area (TPSA) is 74.6 Å². The zero-order chi connectivity index (χ0) is 18.4. The highest BCUT2D eigenvalue weighted by molar-refractivity contribution is 5.82. The molecule has 1 unspecified atom stereocenters. The third-order valence-electron chi connectivity index (χ3n) is 5.95. The third kappa shape index (κ3) is 5.53. The van der Waals surface area contributed by atoms with E-state index in [0.717, 1.165) is 38.5 Å². The van der Waals surface area contributed by atoms with E-state index in [-0.39, 0.29) is 17.6 Å². The monoisotopic (exact) mass is 348 g/mol. The Balaban J connectivity index is 1.87. The molecule has 0 aromatic heterocycles. The van der Waals surface area contributed by atoms with Gasteiger partial charge in [0.15, 0.2) is 0 Å². The minimum absolute atomic E-state index is 0.185. The smallest absolute Gasteiger partial charge is 0.327 e. The number of carbonyl (C=O) groups excluding carboxylic acids is 1. The molecule has 2 N–H and O–H groups in total. The molecule has 1 saturated carbocycles. The number of hydrogen-bond acceptors (Lipinski definition) is 3. The number of carboxylic acid groups (broad SMARTS) is 1. The fraction of sp³-hybridized carbons (Fsp3) is 0.714. The van der Waals surface area contributed by atoms with Crippen LogP contribution in [0.2, 0.25) is 0 Å². The van der Waals surface area contributed by atoms with Gasteiger partial charge in [0.1, 0.15) is 5.78 Å². The van der Waals surface area contributed by atoms with E-state index in [4.69, 9.17) is 5.11 Å². The Morgan fingerprint density at radius 3 is 2.84 bits per heavy atom. The van der Waals surface area contributed by atoms with Crippen LogP contribution in [-0.4, -0.2) is 28.1 Å². The Morgan fingerprint density at radius 1 is 1.40 bits per heavy atom. The Labute approximate surface area is 151 Å². The van der Waals surface area contributed by atoms with Crippen LogP contribution in [-0.2, 0) is 9.59 Å². The van der Waals surface area contributed by atoms with Gasteiger partial charge in [0, 0.05) is 12.5 Å². The number of aliphatic hydroxyl groups is 1. The van der Waals surface area contributed by atoms with E-state index in [9.17, 15) is 14.7 Å². The second-order valence-electron chi connectivity index (χ2n) is 7.85. The van der Waals surface area contributed by atoms with Crippen LogP contribution < -0.4 is 0 Å². The van der Waals surface area contributed by atoms with Crippen LogP contribution in [0.25, 0.3) is 0 Å². The highest BCUT2D eigenvalue weighted by atomic mass is 16.4. The highest BCUT2D eigenvalue weighted by Gasteiger charge is 2.47. The molecular formula is C21H32O4. The summed E-state index contributed by atoms with van der Waals surface area (Å²) in [5, 5.41) is 19.0. The lowest BCUT2D eigenvalue weighted by molar-refractivity contribution is -0.131. The van der Waals surface area contributed by atoms with Crippen LogP contribution in [0.15, 0.2) is 23.8 Å². The molecular weight excluding hydrogens is 316 g/mol. The summed E-state index contributed by atoms with van der Waals surface area (Å²) in [7, 11) is 0. The van der Waals surface area contributed by atoms with E-state index in [0.29, 0.717) is 24.7 Å². The van der Waals surface area contributed by atoms with Gasteiger partial charge >= 0.3 is 5.97 Å². The predicted molar refractivity (Wildman–Crippen MR) is 98.1 cm³/mol. The number of carbonyl (C=O) groups is 2. The number of hydrogen-bond donors (Lipinski definition) is 2. The van der Waals surface area contributed by atoms with Crippen molar-refractivity contribution in [1.29, 1.82) is 0 Å². The molecule has 2 rings (SSSR count). The summed E-state index contributed by atoms with van der Waals surface area (Å²) >= 11 is 0. The number of aliphatic carboxylic acids is 1. The second kappa shape index (κ2) is 9.33. The largest absolute Gasteiger partial charge is 0.478 e. The van der Waals surface area contributed by atoms with Crippen molar-refractivity contribution in [3.8, 4) is 0 Å². The first-order valence-corrected chi connectivity index (χ1v) is 9.72. The van der Waals surface area contributed by atoms with Gasteiger partial charge in [0.05, 0.1) is 12.0 Å². The normalized spacial score (nSPS) is 29.6. The first-order chi connectivity index (χ1) is 11.9. The molecule has 5 atom stereocenters. The Bertz CT molecular complexity index is 534. The number of carboxylic acids is 1. The molecule has 0 heterocycles. The molecule has 0 saturated heterocycles. The van der Waals surface area contributed by atoms with Gasteiger partial charge in [-0.15, -0.1) is 0 Å². The summed E-state index contributed by atoms with van der Waals surface area (Å²) in [5.74, 6) is 0.316. The first-order valence-electron chi connectivity index (χ1n) is 9.72. The van der Waals surface area contributed by atoms with Gasteiger partial charge in [-0.05, 0) is 49.9 Å². The fourth-order valence-electron chi connectivity index (χ4n) is 4.36. The van der Waals surface area contributed by atoms with Crippen LogP contribution >= 0.6 is 0 Å². The van der Waals surface area contributed by atoms with Crippen LogP contribution in [0.1, 0.15) is 65.2 Å². The van der Waals surface area contributed by atoms with Crippen LogP contribution in [0.5, 0.6) is 0 Å². The lowest BCUT2D eigenvalue weighted by Gasteiger charge is -2.19. The molecule has 25 heavy (non-hydrogen) atoms. The molecule has 4 nitrogen and oxygen atoms in total. The minimum atomic E-state index is -0.913. The summed E-state index contributed by atoms with van der Waals surface area (Å²) in [5.41, 5.74) is 1.31. The zero-order valence-electron chi connectivity index (χ0n) is 15.5. The standard InChI is InChI=1S/C21H32O4/c1-3-14(2)7-6-9-18(22)21-17-12-15(8-4-5-10-20(24)25)11-16(17)13-19(21)23/h5,10,12,14,16-17,19,21,23H,3-4,6-9,11,13H2,1-2H3,(H,24,25)/t14?,16-,17-,19+,21-/m1/s1. The molecule has 140 valence electrons. The quantitative estimate of drug-likeness (QED) is 0.460. The van der Waals surface area contributed by atoms with Crippen LogP contribution in [0.4, 0.5) is 0 Å². The van der Waals surface area contributed by atoms with Gasteiger partial charge in [0.2, 0.25) is 0 Å². The van der Waals surface area contributed by atoms with Crippen molar-refractivity contribution in [3.05, 3.63) is 23.8 Å². The predicted octanol–water partition coefficient (Wildman–Crippen LogP) is 4.14. The van der Waals surface area contributed by atoms with Gasteiger partial charge in [0.25, 0.3) is 0 Å². The summed E-state index contributed by atoms with van der Waals surface area (Å²) in [6.45, 7) is 4.39. The molecule has 0 aliphatic heterocycles. The van der Waals surface area contributed by atoms with Gasteiger partial charge in [-0.2, -0.15) is 0 Å². The number of allylic oxidation sites excluding steroid dienone is 3. The van der Waals surface area contributed by atoms with E-state index >= 15 is 0 Å². The van der Waals surface area contributed by atoms with E-state index < -0.39 is 12.1 Å². The number of ketones is 1. The number of rotatable bonds is 10. The van der Waals surface area contributed by atoms with E-state index in [2.05, 4.69) is 19.9 Å².